The van der Waals surface area contributed by atoms with Crippen molar-refractivity contribution >= 4 is 22.2 Å². The van der Waals surface area contributed by atoms with Gasteiger partial charge < -0.3 is 4.57 Å². The molecule has 0 aliphatic carbocycles. The molecule has 1 aromatic heterocycles. The number of hydrogen-bond donors (Lipinski definition) is 0. The molecule has 28 heavy (non-hydrogen) atoms. The van der Waals surface area contributed by atoms with Crippen molar-refractivity contribution in [3.05, 3.63) is 57.4 Å². The van der Waals surface area contributed by atoms with Crippen molar-refractivity contribution in [2.24, 2.45) is 0 Å². The van der Waals surface area contributed by atoms with E-state index in [1.807, 2.05) is 43.5 Å². The lowest BCUT2D eigenvalue weighted by Gasteiger charge is -2.34. The van der Waals surface area contributed by atoms with Gasteiger partial charge in [0.1, 0.15) is 10.7 Å². The van der Waals surface area contributed by atoms with Crippen molar-refractivity contribution in [2.45, 2.75) is 32.3 Å². The van der Waals surface area contributed by atoms with Crippen LogP contribution < -0.4 is 0 Å². The first kappa shape index (κ1) is 20.7. The van der Waals surface area contributed by atoms with Gasteiger partial charge in [-0.25, -0.2) is 8.42 Å². The van der Waals surface area contributed by atoms with Crippen molar-refractivity contribution in [3.8, 4) is 6.07 Å². The number of aromatic nitrogens is 1. The minimum Gasteiger partial charge on any atom is -0.322 e. The van der Waals surface area contributed by atoms with E-state index in [1.54, 1.807) is 12.1 Å². The highest BCUT2D eigenvalue weighted by Crippen LogP contribution is 2.19. The van der Waals surface area contributed by atoms with Crippen LogP contribution in [0.3, 0.4) is 0 Å². The average Bonchev–Trinajstić information content (AvgIpc) is 2.66. The highest BCUT2D eigenvalue weighted by Gasteiger charge is 2.28. The van der Waals surface area contributed by atoms with E-state index in [-0.39, 0.29) is 0 Å². The van der Waals surface area contributed by atoms with Gasteiger partial charge in [-0.15, -0.1) is 0 Å². The number of hydrogen-bond acceptors (Lipinski definition) is 5. The van der Waals surface area contributed by atoms with E-state index in [1.165, 1.54) is 4.31 Å². The Kier molecular flexibility index (Phi) is 6.01. The average molecular weight is 417 g/mol. The summed E-state index contributed by atoms with van der Waals surface area (Å²) in [6, 6.07) is 11.1. The quantitative estimate of drug-likeness (QED) is 0.717. The van der Waals surface area contributed by atoms with Crippen molar-refractivity contribution < 1.29 is 8.42 Å². The lowest BCUT2D eigenvalue weighted by molar-refractivity contribution is 0.150. The largest absolute Gasteiger partial charge is 0.322 e. The predicted octanol–water partition coefficient (Wildman–Crippen LogP) is 2.98. The maximum absolute atomic E-state index is 12.8. The van der Waals surface area contributed by atoms with Crippen LogP contribution in [0.15, 0.2) is 35.2 Å². The van der Waals surface area contributed by atoms with Gasteiger partial charge in [0.05, 0.1) is 17.1 Å². The monoisotopic (exact) mass is 416 g/mol. The van der Waals surface area contributed by atoms with Gasteiger partial charge in [0.15, 0.2) is 0 Å². The number of benzene rings is 1. The summed E-state index contributed by atoms with van der Waals surface area (Å²) in [6.07, 6.45) is 0. The van der Waals surface area contributed by atoms with E-state index in [0.29, 0.717) is 47.9 Å². The summed E-state index contributed by atoms with van der Waals surface area (Å²) in [5.74, 6) is 0. The molecule has 0 radical (unpaired) electrons. The fourth-order valence-electron chi connectivity index (χ4n) is 3.41. The van der Waals surface area contributed by atoms with Crippen LogP contribution in [0.4, 0.5) is 0 Å². The highest BCUT2D eigenvalue weighted by atomic mass is 32.2. The number of pyridine rings is 1. The summed E-state index contributed by atoms with van der Waals surface area (Å²) in [5.41, 5.74) is 3.44. The first-order valence-corrected chi connectivity index (χ1v) is 11.0. The van der Waals surface area contributed by atoms with Gasteiger partial charge in [0.25, 0.3) is 0 Å². The van der Waals surface area contributed by atoms with Crippen LogP contribution in [0, 0.1) is 36.7 Å². The lowest BCUT2D eigenvalue weighted by atomic mass is 10.1. The zero-order valence-electron chi connectivity index (χ0n) is 16.3. The van der Waals surface area contributed by atoms with Gasteiger partial charge in [0, 0.05) is 31.9 Å². The molecule has 3 rings (SSSR count). The van der Waals surface area contributed by atoms with Crippen LogP contribution in [-0.2, 0) is 16.7 Å². The third-order valence-corrected chi connectivity index (χ3v) is 7.49. The number of sulfonamides is 1. The van der Waals surface area contributed by atoms with E-state index >= 15 is 0 Å². The molecular formula is C20H24N4O2S2. The van der Waals surface area contributed by atoms with E-state index < -0.39 is 10.0 Å². The molecular weight excluding hydrogens is 392 g/mol. The Bertz CT molecular complexity index is 1070. The fraction of sp³-hybridized carbons (Fsp3) is 0.400. The van der Waals surface area contributed by atoms with Crippen LogP contribution in [0.5, 0.6) is 0 Å². The van der Waals surface area contributed by atoms with E-state index in [9.17, 15) is 13.7 Å². The molecule has 8 heteroatoms. The predicted molar refractivity (Wildman–Crippen MR) is 111 cm³/mol. The van der Waals surface area contributed by atoms with Crippen molar-refractivity contribution in [1.29, 1.82) is 5.26 Å². The van der Waals surface area contributed by atoms with Crippen LogP contribution in [-0.4, -0.2) is 48.4 Å². The van der Waals surface area contributed by atoms with Crippen molar-refractivity contribution in [1.82, 2.24) is 13.8 Å². The van der Waals surface area contributed by atoms with Crippen LogP contribution in [0.2, 0.25) is 0 Å². The molecule has 1 fully saturated rings. The molecule has 1 saturated heterocycles. The number of nitriles is 1. The number of rotatable bonds is 4. The number of piperazine rings is 1. The summed E-state index contributed by atoms with van der Waals surface area (Å²) < 4.78 is 29.7. The second-order valence-electron chi connectivity index (χ2n) is 7.17. The van der Waals surface area contributed by atoms with Crippen LogP contribution in [0.1, 0.15) is 22.4 Å². The summed E-state index contributed by atoms with van der Waals surface area (Å²) in [6.45, 7) is 8.44. The first-order valence-electron chi connectivity index (χ1n) is 9.14. The maximum Gasteiger partial charge on any atom is 0.243 e. The zero-order valence-corrected chi connectivity index (χ0v) is 18.0. The van der Waals surface area contributed by atoms with Gasteiger partial charge in [-0.3, -0.25) is 4.90 Å². The summed E-state index contributed by atoms with van der Waals surface area (Å²) in [5, 5.41) is 9.35. The maximum atomic E-state index is 12.8. The Balaban J connectivity index is 1.72. The molecule has 0 amide bonds. The second kappa shape index (κ2) is 8.13. The topological polar surface area (TPSA) is 69.3 Å². The Morgan fingerprint density at radius 1 is 1.07 bits per heavy atom. The Hall–Kier alpha value is -2.05. The SMILES string of the molecule is Cc1ccc(S(=O)(=O)N2CCN(Cn3c(C)cc(C)c(C#N)c3=S)CC2)cc1. The number of aryl methyl sites for hydroxylation is 3. The first-order chi connectivity index (χ1) is 13.2. The van der Waals surface area contributed by atoms with E-state index in [2.05, 4.69) is 11.0 Å². The van der Waals surface area contributed by atoms with Crippen LogP contribution in [0.25, 0.3) is 0 Å². The highest BCUT2D eigenvalue weighted by molar-refractivity contribution is 7.89. The van der Waals surface area contributed by atoms with E-state index in [0.717, 1.165) is 16.8 Å². The molecule has 0 atom stereocenters. The third kappa shape index (κ3) is 4.03. The van der Waals surface area contributed by atoms with E-state index in [4.69, 9.17) is 12.2 Å². The standard InChI is InChI=1S/C20H24N4O2S2/c1-15-4-6-18(7-5-15)28(25,26)23-10-8-22(9-11-23)14-24-17(3)12-16(2)19(13-21)20(24)27/h4-7,12H,8-11,14H2,1-3H3. The summed E-state index contributed by atoms with van der Waals surface area (Å²) in [7, 11) is -3.47. The van der Waals surface area contributed by atoms with Crippen LogP contribution >= 0.6 is 12.2 Å². The Morgan fingerprint density at radius 3 is 2.25 bits per heavy atom. The summed E-state index contributed by atoms with van der Waals surface area (Å²) >= 11 is 5.50. The minimum absolute atomic E-state index is 0.335. The molecule has 0 saturated carbocycles. The zero-order chi connectivity index (χ0) is 20.5. The van der Waals surface area contributed by atoms with Gasteiger partial charge in [0.2, 0.25) is 10.0 Å². The third-order valence-electron chi connectivity index (χ3n) is 5.15. The van der Waals surface area contributed by atoms with Crippen molar-refractivity contribution in [2.75, 3.05) is 26.2 Å². The molecule has 2 heterocycles. The van der Waals surface area contributed by atoms with Crippen molar-refractivity contribution in [3.63, 3.8) is 0 Å². The normalized spacial score (nSPS) is 16.1. The Labute approximate surface area is 171 Å². The Morgan fingerprint density at radius 2 is 1.68 bits per heavy atom. The molecule has 0 N–H and O–H groups in total. The number of nitrogens with zero attached hydrogens (tertiary/aromatic N) is 4. The fourth-order valence-corrected chi connectivity index (χ4v) is 5.24. The van der Waals surface area contributed by atoms with Gasteiger partial charge in [-0.05, 0) is 44.5 Å². The second-order valence-corrected chi connectivity index (χ2v) is 9.49. The molecule has 2 aromatic rings. The van der Waals surface area contributed by atoms with Gasteiger partial charge >= 0.3 is 0 Å². The molecule has 6 nitrogen and oxygen atoms in total. The minimum atomic E-state index is -3.47. The molecule has 0 spiro atoms. The molecule has 148 valence electrons. The smallest absolute Gasteiger partial charge is 0.243 e. The molecule has 0 unspecified atom stereocenters. The molecule has 1 aromatic carbocycles. The van der Waals surface area contributed by atoms with Gasteiger partial charge in [-0.2, -0.15) is 9.57 Å². The molecule has 1 aliphatic rings. The lowest BCUT2D eigenvalue weighted by Crippen LogP contribution is -2.49. The molecule has 0 bridgehead atoms. The summed E-state index contributed by atoms with van der Waals surface area (Å²) in [4.78, 5) is 2.50. The molecule has 1 aliphatic heterocycles. The van der Waals surface area contributed by atoms with Gasteiger partial charge in [-0.1, -0.05) is 29.9 Å².